The Morgan fingerprint density at radius 1 is 0.167 bits per heavy atom. The predicted molar refractivity (Wildman–Crippen MR) is 433 cm³/mol. The molecule has 21 aromatic rings. The Kier molecular flexibility index (Phi) is 13.9. The molecule has 0 bridgehead atoms. The third-order valence-electron chi connectivity index (χ3n) is 20.9. The molecule has 102 heavy (non-hydrogen) atoms. The molecule has 0 saturated heterocycles. The lowest BCUT2D eigenvalue weighted by molar-refractivity contribution is 0.672. The number of furan rings is 2. The largest absolute Gasteiger partial charge is 0.455 e. The first-order valence-electron chi connectivity index (χ1n) is 34.9. The fraction of sp³-hybridized carbons (Fsp3) is 0. The first-order valence-corrected chi connectivity index (χ1v) is 34.9. The van der Waals surface area contributed by atoms with Crippen LogP contribution in [0, 0.1) is 0 Å². The molecule has 0 N–H and O–H groups in total. The highest BCUT2D eigenvalue weighted by Gasteiger charge is 2.25. The fourth-order valence-electron chi connectivity index (χ4n) is 16.0. The minimum atomic E-state index is 0.897. The number of nitrogens with zero attached hydrogens (tertiary/aromatic N) is 2. The maximum Gasteiger partial charge on any atom is 0.143 e. The average molecular weight is 1300 g/mol. The molecule has 0 aliphatic rings. The Balaban J connectivity index is 0.000000138. The summed E-state index contributed by atoms with van der Waals surface area (Å²) in [6.07, 6.45) is 0. The zero-order valence-corrected chi connectivity index (χ0v) is 55.5. The van der Waals surface area contributed by atoms with Crippen LogP contribution in [0.15, 0.2) is 385 Å². The third-order valence-corrected chi connectivity index (χ3v) is 20.9. The summed E-state index contributed by atoms with van der Waals surface area (Å²) in [5.74, 6) is 0. The minimum Gasteiger partial charge on any atom is -0.455 e. The van der Waals surface area contributed by atoms with Gasteiger partial charge >= 0.3 is 0 Å². The SMILES string of the molecule is c1ccc2c(-c3ccc(-c4ccc(N(c5cc6ccccc6c6ccccc56)c5cc6c7ccccc7oc6c6ccccc56)cc4)cc3)cccc2c1.c1ccc2c(-c3ccc(N(c4ccc5c(ccc6ccccc65)c4)c4cc5c6ccccc6oc5c5ccccc45)cc3)cccc2c1. The standard InChI is InChI=1S/C52H33NO.C46H29NO/c1-3-15-40-36(12-1)14-11-22-41(40)37-26-24-34(25-27-37)35-28-30-39(31-29-35)53(49-32-38-13-2-4-16-42(38)43-17-5-6-18-44(43)49)50-33-48-46-20-9-10-23-51(46)54-52(48)47-21-8-7-19-45(47)50;1-3-13-36-30(10-1)12-9-18-38(36)32-22-24-34(25-23-32)47(35-26-27-39-33(28-35)21-20-31-11-2-4-14-37(31)39)44-29-43-41-16-7-8-19-45(41)48-46(43)42-17-6-5-15-40(42)44/h1-33H;1-29H. The van der Waals surface area contributed by atoms with Gasteiger partial charge in [-0.3, -0.25) is 0 Å². The van der Waals surface area contributed by atoms with Gasteiger partial charge in [0, 0.05) is 65.5 Å². The molecule has 0 unspecified atom stereocenters. The van der Waals surface area contributed by atoms with E-state index < -0.39 is 0 Å². The summed E-state index contributed by atoms with van der Waals surface area (Å²) in [7, 11) is 0. The first-order chi connectivity index (χ1) is 50.6. The number of benzene rings is 19. The molecule has 0 spiro atoms. The molecule has 0 saturated carbocycles. The molecule has 2 aromatic heterocycles. The summed E-state index contributed by atoms with van der Waals surface area (Å²) < 4.78 is 13.0. The molecule has 0 fully saturated rings. The lowest BCUT2D eigenvalue weighted by Crippen LogP contribution is -2.11. The molecule has 0 radical (unpaired) electrons. The summed E-state index contributed by atoms with van der Waals surface area (Å²) in [5, 5.41) is 23.8. The van der Waals surface area contributed by atoms with Crippen molar-refractivity contribution in [2.75, 3.05) is 9.80 Å². The van der Waals surface area contributed by atoms with E-state index in [-0.39, 0.29) is 0 Å². The highest BCUT2D eigenvalue weighted by atomic mass is 16.3. The van der Waals surface area contributed by atoms with Crippen molar-refractivity contribution in [3.63, 3.8) is 0 Å². The predicted octanol–water partition coefficient (Wildman–Crippen LogP) is 28.3. The van der Waals surface area contributed by atoms with Crippen LogP contribution >= 0.6 is 0 Å². The van der Waals surface area contributed by atoms with Gasteiger partial charge in [0.2, 0.25) is 0 Å². The molecule has 0 atom stereocenters. The molecule has 0 amide bonds. The van der Waals surface area contributed by atoms with Crippen molar-refractivity contribution in [3.8, 4) is 33.4 Å². The number of anilines is 6. The van der Waals surface area contributed by atoms with E-state index in [1.54, 1.807) is 0 Å². The summed E-state index contributed by atoms with van der Waals surface area (Å²) in [5.41, 5.74) is 17.5. The Hall–Kier alpha value is -13.5. The van der Waals surface area contributed by atoms with Crippen LogP contribution in [0.2, 0.25) is 0 Å². The van der Waals surface area contributed by atoms with E-state index in [2.05, 4.69) is 374 Å². The van der Waals surface area contributed by atoms with Crippen LogP contribution in [-0.4, -0.2) is 0 Å². The van der Waals surface area contributed by atoms with E-state index in [4.69, 9.17) is 8.83 Å². The molecule has 21 rings (SSSR count). The van der Waals surface area contributed by atoms with Gasteiger partial charge < -0.3 is 18.6 Å². The maximum atomic E-state index is 6.54. The lowest BCUT2D eigenvalue weighted by Gasteiger charge is -2.29. The van der Waals surface area contributed by atoms with Crippen LogP contribution in [0.3, 0.4) is 0 Å². The van der Waals surface area contributed by atoms with E-state index in [0.717, 1.165) is 99.5 Å². The topological polar surface area (TPSA) is 32.8 Å². The number of hydrogen-bond acceptors (Lipinski definition) is 4. The third kappa shape index (κ3) is 9.83. The Morgan fingerprint density at radius 2 is 0.490 bits per heavy atom. The van der Waals surface area contributed by atoms with Gasteiger partial charge in [-0.15, -0.1) is 0 Å². The van der Waals surface area contributed by atoms with Crippen molar-refractivity contribution in [2.24, 2.45) is 0 Å². The first kappa shape index (κ1) is 58.6. The second kappa shape index (κ2) is 24.2. The second-order valence-corrected chi connectivity index (χ2v) is 26.6. The highest BCUT2D eigenvalue weighted by molar-refractivity contribution is 6.23. The smallest absolute Gasteiger partial charge is 0.143 e. The van der Waals surface area contributed by atoms with E-state index in [1.165, 1.54) is 98.0 Å². The normalized spacial score (nSPS) is 11.7. The van der Waals surface area contributed by atoms with E-state index in [1.807, 2.05) is 12.1 Å². The van der Waals surface area contributed by atoms with Crippen molar-refractivity contribution in [3.05, 3.63) is 376 Å². The number of rotatable bonds is 9. The number of hydrogen-bond donors (Lipinski definition) is 0. The van der Waals surface area contributed by atoms with E-state index in [9.17, 15) is 0 Å². The lowest BCUT2D eigenvalue weighted by atomic mass is 9.96. The van der Waals surface area contributed by atoms with Crippen LogP contribution in [0.4, 0.5) is 34.1 Å². The van der Waals surface area contributed by atoms with Crippen LogP contribution in [-0.2, 0) is 0 Å². The van der Waals surface area contributed by atoms with Crippen molar-refractivity contribution >= 4 is 164 Å². The van der Waals surface area contributed by atoms with Crippen LogP contribution in [0.1, 0.15) is 0 Å². The Morgan fingerprint density at radius 3 is 1.03 bits per heavy atom. The molecule has 4 heteroatoms. The summed E-state index contributed by atoms with van der Waals surface area (Å²) in [6, 6.07) is 136. The molecule has 2 heterocycles. The van der Waals surface area contributed by atoms with E-state index >= 15 is 0 Å². The van der Waals surface area contributed by atoms with Gasteiger partial charge in [-0.25, -0.2) is 0 Å². The Labute approximate surface area is 588 Å². The van der Waals surface area contributed by atoms with Gasteiger partial charge in [0.05, 0.1) is 17.1 Å². The average Bonchev–Trinajstić information content (AvgIpc) is 1.43. The second-order valence-electron chi connectivity index (χ2n) is 26.6. The fourth-order valence-corrected chi connectivity index (χ4v) is 16.0. The van der Waals surface area contributed by atoms with Crippen molar-refractivity contribution in [1.82, 2.24) is 0 Å². The Bertz CT molecular complexity index is 6870. The van der Waals surface area contributed by atoms with E-state index in [0.29, 0.717) is 0 Å². The zero-order valence-electron chi connectivity index (χ0n) is 55.5. The van der Waals surface area contributed by atoms with Crippen LogP contribution < -0.4 is 9.80 Å². The van der Waals surface area contributed by atoms with Crippen LogP contribution in [0.25, 0.3) is 163 Å². The van der Waals surface area contributed by atoms with Crippen molar-refractivity contribution in [1.29, 1.82) is 0 Å². The quantitative estimate of drug-likeness (QED) is 0.135. The van der Waals surface area contributed by atoms with Gasteiger partial charge in [-0.1, -0.05) is 309 Å². The van der Waals surface area contributed by atoms with Crippen molar-refractivity contribution < 1.29 is 8.83 Å². The molecular weight excluding hydrogens is 1240 g/mol. The number of fused-ring (bicyclic) bond motifs is 18. The monoisotopic (exact) mass is 1300 g/mol. The molecule has 0 aliphatic heterocycles. The molecule has 0 aliphatic carbocycles. The van der Waals surface area contributed by atoms with Crippen LogP contribution in [0.5, 0.6) is 0 Å². The minimum absolute atomic E-state index is 0.897. The zero-order chi connectivity index (χ0) is 67.2. The molecule has 476 valence electrons. The van der Waals surface area contributed by atoms with Gasteiger partial charge in [-0.2, -0.15) is 0 Å². The summed E-state index contributed by atoms with van der Waals surface area (Å²) >= 11 is 0. The highest BCUT2D eigenvalue weighted by Crippen LogP contribution is 2.50. The number of para-hydroxylation sites is 2. The molecule has 4 nitrogen and oxygen atoms in total. The maximum absolute atomic E-state index is 6.54. The van der Waals surface area contributed by atoms with Crippen molar-refractivity contribution in [2.45, 2.75) is 0 Å². The van der Waals surface area contributed by atoms with Gasteiger partial charge in [0.1, 0.15) is 22.3 Å². The summed E-state index contributed by atoms with van der Waals surface area (Å²) in [6.45, 7) is 0. The van der Waals surface area contributed by atoms with Gasteiger partial charge in [0.25, 0.3) is 0 Å². The van der Waals surface area contributed by atoms with Gasteiger partial charge in [0.15, 0.2) is 0 Å². The van der Waals surface area contributed by atoms with Gasteiger partial charge in [-0.05, 0) is 159 Å². The molecule has 19 aromatic carbocycles. The molecular formula is C98H62N2O2. The summed E-state index contributed by atoms with van der Waals surface area (Å²) in [4.78, 5) is 4.86.